The Morgan fingerprint density at radius 1 is 0.913 bits per heavy atom. The van der Waals surface area contributed by atoms with Gasteiger partial charge in [-0.25, -0.2) is 0 Å². The van der Waals surface area contributed by atoms with E-state index in [1.807, 2.05) is 30.3 Å². The lowest BCUT2D eigenvalue weighted by Gasteiger charge is -2.46. The van der Waals surface area contributed by atoms with Crippen LogP contribution in [0.15, 0.2) is 30.3 Å². The molecule has 0 spiro atoms. The average Bonchev–Trinajstić information content (AvgIpc) is 2.85. The normalized spacial score (nSPS) is 37.5. The zero-order valence-corrected chi connectivity index (χ0v) is 13.0. The van der Waals surface area contributed by atoms with Crippen LogP contribution in [0.3, 0.4) is 0 Å². The lowest BCUT2D eigenvalue weighted by Crippen LogP contribution is -2.63. The van der Waals surface area contributed by atoms with Crippen LogP contribution < -0.4 is 0 Å². The molecule has 0 aromatic heterocycles. The molecule has 0 saturated carbocycles. The van der Waals surface area contributed by atoms with Crippen LogP contribution in [0.25, 0.3) is 0 Å². The van der Waals surface area contributed by atoms with E-state index in [1.165, 1.54) is 0 Å². The molecule has 6 heteroatoms. The van der Waals surface area contributed by atoms with Crippen molar-refractivity contribution in [3.8, 4) is 0 Å². The molecule has 23 heavy (non-hydrogen) atoms. The van der Waals surface area contributed by atoms with Gasteiger partial charge in [-0.2, -0.15) is 0 Å². The fraction of sp³-hybridized carbons (Fsp3) is 0.647. The van der Waals surface area contributed by atoms with Gasteiger partial charge in [0.25, 0.3) is 0 Å². The van der Waals surface area contributed by atoms with Gasteiger partial charge in [0.05, 0.1) is 39.6 Å². The maximum Gasteiger partial charge on any atom is 0.187 e. The van der Waals surface area contributed by atoms with E-state index < -0.39 is 6.29 Å². The summed E-state index contributed by atoms with van der Waals surface area (Å²) in [7, 11) is 0. The minimum Gasteiger partial charge on any atom is -0.376 e. The third-order valence-electron chi connectivity index (χ3n) is 4.37. The van der Waals surface area contributed by atoms with Crippen LogP contribution in [-0.4, -0.2) is 63.7 Å². The van der Waals surface area contributed by atoms with E-state index in [0.717, 1.165) is 5.56 Å². The van der Waals surface area contributed by atoms with E-state index in [0.29, 0.717) is 39.6 Å². The molecule has 5 unspecified atom stereocenters. The number of hydrogen-bond acceptors (Lipinski definition) is 6. The number of ether oxygens (including phenoxy) is 6. The van der Waals surface area contributed by atoms with Gasteiger partial charge in [0, 0.05) is 0 Å². The summed E-state index contributed by atoms with van der Waals surface area (Å²) in [5.41, 5.74) is 1.12. The van der Waals surface area contributed by atoms with Crippen molar-refractivity contribution in [2.75, 3.05) is 33.0 Å². The maximum absolute atomic E-state index is 6.20. The second-order valence-electron chi connectivity index (χ2n) is 5.92. The van der Waals surface area contributed by atoms with E-state index >= 15 is 0 Å². The van der Waals surface area contributed by atoms with Gasteiger partial charge in [-0.1, -0.05) is 30.3 Å². The van der Waals surface area contributed by atoms with Gasteiger partial charge in [0.1, 0.15) is 24.4 Å². The Kier molecular flexibility index (Phi) is 4.89. The minimum absolute atomic E-state index is 0.193. The molecule has 1 aromatic rings. The molecule has 0 bridgehead atoms. The summed E-state index contributed by atoms with van der Waals surface area (Å²) in [6.45, 7) is 3.18. The van der Waals surface area contributed by atoms with Crippen LogP contribution in [0, 0.1) is 0 Å². The molecule has 3 fully saturated rings. The first-order valence-electron chi connectivity index (χ1n) is 8.15. The predicted octanol–water partition coefficient (Wildman–Crippen LogP) is 1.13. The molecule has 3 aliphatic heterocycles. The Morgan fingerprint density at radius 2 is 1.70 bits per heavy atom. The Bertz CT molecular complexity index is 495. The molecule has 5 atom stereocenters. The van der Waals surface area contributed by atoms with Gasteiger partial charge in [-0.15, -0.1) is 0 Å². The third kappa shape index (κ3) is 3.42. The Balaban J connectivity index is 1.51. The average molecular weight is 322 g/mol. The Morgan fingerprint density at radius 3 is 2.61 bits per heavy atom. The molecular weight excluding hydrogens is 300 g/mol. The summed E-state index contributed by atoms with van der Waals surface area (Å²) in [5.74, 6) is 0. The maximum atomic E-state index is 6.20. The van der Waals surface area contributed by atoms with Crippen LogP contribution in [-0.2, 0) is 35.0 Å². The van der Waals surface area contributed by atoms with E-state index in [1.54, 1.807) is 0 Å². The van der Waals surface area contributed by atoms with Crippen molar-refractivity contribution < 1.29 is 28.4 Å². The topological polar surface area (TPSA) is 55.4 Å². The van der Waals surface area contributed by atoms with E-state index in [2.05, 4.69) is 0 Å². The second-order valence-corrected chi connectivity index (χ2v) is 5.92. The summed E-state index contributed by atoms with van der Waals surface area (Å²) in [5, 5.41) is 0. The van der Waals surface area contributed by atoms with Gasteiger partial charge < -0.3 is 28.4 Å². The standard InChI is InChI=1S/C17H22O6/c1-2-4-12(5-3-1)10-22-15-14-13(11-18-6-7-19-14)23-17-16(15)20-8-9-21-17/h1-5,13-17H,6-11H2. The van der Waals surface area contributed by atoms with Crippen LogP contribution in [0.2, 0.25) is 0 Å². The zero-order chi connectivity index (χ0) is 15.5. The highest BCUT2D eigenvalue weighted by molar-refractivity contribution is 5.13. The Hall–Kier alpha value is -1.02. The molecule has 3 saturated heterocycles. The van der Waals surface area contributed by atoms with Crippen molar-refractivity contribution in [1.29, 1.82) is 0 Å². The largest absolute Gasteiger partial charge is 0.376 e. The molecule has 0 N–H and O–H groups in total. The van der Waals surface area contributed by atoms with Crippen molar-refractivity contribution in [1.82, 2.24) is 0 Å². The van der Waals surface area contributed by atoms with Crippen molar-refractivity contribution in [2.45, 2.75) is 37.3 Å². The fourth-order valence-electron chi connectivity index (χ4n) is 3.27. The fourth-order valence-corrected chi connectivity index (χ4v) is 3.27. The van der Waals surface area contributed by atoms with Gasteiger partial charge in [0.2, 0.25) is 0 Å². The van der Waals surface area contributed by atoms with Crippen LogP contribution in [0.4, 0.5) is 0 Å². The molecule has 3 heterocycles. The highest BCUT2D eigenvalue weighted by atomic mass is 16.7. The van der Waals surface area contributed by atoms with E-state index in [9.17, 15) is 0 Å². The lowest BCUT2D eigenvalue weighted by atomic mass is 9.98. The molecule has 4 rings (SSSR count). The molecular formula is C17H22O6. The van der Waals surface area contributed by atoms with Crippen LogP contribution in [0.5, 0.6) is 0 Å². The zero-order valence-electron chi connectivity index (χ0n) is 13.0. The van der Waals surface area contributed by atoms with E-state index in [4.69, 9.17) is 28.4 Å². The molecule has 3 aliphatic rings. The number of hydrogen-bond donors (Lipinski definition) is 0. The Labute approximate surface area is 135 Å². The monoisotopic (exact) mass is 322 g/mol. The summed E-state index contributed by atoms with van der Waals surface area (Å²) >= 11 is 0. The molecule has 0 radical (unpaired) electrons. The molecule has 0 aliphatic carbocycles. The van der Waals surface area contributed by atoms with Crippen LogP contribution >= 0.6 is 0 Å². The minimum atomic E-state index is -0.420. The number of fused-ring (bicyclic) bond motifs is 2. The molecule has 126 valence electrons. The van der Waals surface area contributed by atoms with Crippen molar-refractivity contribution in [3.63, 3.8) is 0 Å². The van der Waals surface area contributed by atoms with Crippen molar-refractivity contribution >= 4 is 0 Å². The second kappa shape index (κ2) is 7.25. The van der Waals surface area contributed by atoms with Crippen molar-refractivity contribution in [3.05, 3.63) is 35.9 Å². The SMILES string of the molecule is c1ccc(COC2C3OCCOCC3OC3OCCOC32)cc1. The summed E-state index contributed by atoms with van der Waals surface area (Å²) in [4.78, 5) is 0. The first kappa shape index (κ1) is 15.5. The van der Waals surface area contributed by atoms with Gasteiger partial charge in [-0.05, 0) is 5.56 Å². The molecule has 0 amide bonds. The lowest BCUT2D eigenvalue weighted by molar-refractivity contribution is -0.341. The molecule has 1 aromatic carbocycles. The summed E-state index contributed by atoms with van der Waals surface area (Å²) < 4.78 is 35.3. The highest BCUT2D eigenvalue weighted by Crippen LogP contribution is 2.32. The smallest absolute Gasteiger partial charge is 0.187 e. The molecule has 6 nitrogen and oxygen atoms in total. The van der Waals surface area contributed by atoms with Crippen LogP contribution in [0.1, 0.15) is 5.56 Å². The van der Waals surface area contributed by atoms with Crippen molar-refractivity contribution in [2.24, 2.45) is 0 Å². The summed E-state index contributed by atoms with van der Waals surface area (Å²) in [6, 6.07) is 10.1. The van der Waals surface area contributed by atoms with Gasteiger partial charge >= 0.3 is 0 Å². The van der Waals surface area contributed by atoms with Gasteiger partial charge in [0.15, 0.2) is 6.29 Å². The quantitative estimate of drug-likeness (QED) is 0.831. The first-order chi connectivity index (χ1) is 11.4. The van der Waals surface area contributed by atoms with Gasteiger partial charge in [-0.3, -0.25) is 0 Å². The number of rotatable bonds is 3. The predicted molar refractivity (Wildman–Crippen MR) is 79.9 cm³/mol. The third-order valence-corrected chi connectivity index (χ3v) is 4.37. The van der Waals surface area contributed by atoms with E-state index in [-0.39, 0.29) is 24.4 Å². The first-order valence-corrected chi connectivity index (χ1v) is 8.15. The summed E-state index contributed by atoms with van der Waals surface area (Å²) in [6.07, 6.45) is -1.32. The highest BCUT2D eigenvalue weighted by Gasteiger charge is 2.50. The number of benzene rings is 1.